The van der Waals surface area contributed by atoms with Crippen LogP contribution in [0.1, 0.15) is 0 Å². The summed E-state index contributed by atoms with van der Waals surface area (Å²) in [5.74, 6) is -3.23. The zero-order valence-electron chi connectivity index (χ0n) is 18.4. The first kappa shape index (κ1) is 27.3. The van der Waals surface area contributed by atoms with Gasteiger partial charge in [-0.25, -0.2) is 14.2 Å². The van der Waals surface area contributed by atoms with Gasteiger partial charge in [-0.2, -0.15) is 13.2 Å². The van der Waals surface area contributed by atoms with Crippen molar-refractivity contribution in [2.45, 2.75) is 18.3 Å². The number of aromatic nitrogens is 3. The van der Waals surface area contributed by atoms with Crippen LogP contribution >= 0.6 is 34.5 Å². The largest absolute Gasteiger partial charge is 0.490 e. The first-order valence-electron chi connectivity index (χ1n) is 10.4. The molecule has 0 saturated carbocycles. The molecule has 0 unspecified atom stereocenters. The molecule has 0 aliphatic carbocycles. The Hall–Kier alpha value is -2.78. The SMILES string of the molecule is N[C@H](COC(=O)C(F)(F)F)COc1cc(Cl)c(-c2nnc(-c3cc(Cl)nc(OC4COC4)c3)s2)cc1F. The van der Waals surface area contributed by atoms with Crippen molar-refractivity contribution >= 4 is 40.5 Å². The van der Waals surface area contributed by atoms with Crippen molar-refractivity contribution < 1.29 is 41.3 Å². The maximum Gasteiger partial charge on any atom is 0.490 e. The van der Waals surface area contributed by atoms with Crippen LogP contribution in [0.4, 0.5) is 17.6 Å². The highest BCUT2D eigenvalue weighted by Crippen LogP contribution is 2.38. The molecule has 1 saturated heterocycles. The summed E-state index contributed by atoms with van der Waals surface area (Å²) in [5, 5.41) is 9.18. The zero-order chi connectivity index (χ0) is 26.7. The Morgan fingerprint density at radius 3 is 2.57 bits per heavy atom. The fourth-order valence-electron chi connectivity index (χ4n) is 2.87. The molecular formula is C21H16Cl2F4N4O5S. The number of pyridine rings is 1. The molecule has 2 aromatic heterocycles. The lowest BCUT2D eigenvalue weighted by molar-refractivity contribution is -0.200. The quantitative estimate of drug-likeness (QED) is 0.224. The summed E-state index contributed by atoms with van der Waals surface area (Å²) in [7, 11) is 0. The van der Waals surface area contributed by atoms with E-state index in [1.54, 1.807) is 12.1 Å². The third-order valence-electron chi connectivity index (χ3n) is 4.70. The molecule has 16 heteroatoms. The van der Waals surface area contributed by atoms with Crippen molar-refractivity contribution in [1.29, 1.82) is 0 Å². The van der Waals surface area contributed by atoms with Crippen molar-refractivity contribution in [1.82, 2.24) is 15.2 Å². The van der Waals surface area contributed by atoms with Gasteiger partial charge in [0.1, 0.15) is 34.5 Å². The van der Waals surface area contributed by atoms with Gasteiger partial charge in [0.15, 0.2) is 11.6 Å². The first-order valence-corrected chi connectivity index (χ1v) is 11.9. The fraction of sp³-hybridized carbons (Fsp3) is 0.333. The van der Waals surface area contributed by atoms with Crippen molar-refractivity contribution in [2.24, 2.45) is 5.73 Å². The maximum absolute atomic E-state index is 14.7. The van der Waals surface area contributed by atoms with Crippen LogP contribution in [0.3, 0.4) is 0 Å². The van der Waals surface area contributed by atoms with E-state index >= 15 is 0 Å². The van der Waals surface area contributed by atoms with Gasteiger partial charge >= 0.3 is 12.1 Å². The molecule has 1 fully saturated rings. The van der Waals surface area contributed by atoms with Gasteiger partial charge in [-0.05, 0) is 12.1 Å². The summed E-state index contributed by atoms with van der Waals surface area (Å²) in [6.07, 6.45) is -5.26. The zero-order valence-corrected chi connectivity index (χ0v) is 20.8. The van der Waals surface area contributed by atoms with E-state index < -0.39 is 37.2 Å². The molecule has 198 valence electrons. The van der Waals surface area contributed by atoms with E-state index in [9.17, 15) is 22.4 Å². The molecule has 0 spiro atoms. The minimum atomic E-state index is -5.15. The van der Waals surface area contributed by atoms with Crippen molar-refractivity contribution in [2.75, 3.05) is 26.4 Å². The maximum atomic E-state index is 14.7. The Bertz CT molecular complexity index is 1290. The molecule has 1 aromatic carbocycles. The van der Waals surface area contributed by atoms with E-state index in [4.69, 9.17) is 43.1 Å². The highest BCUT2D eigenvalue weighted by molar-refractivity contribution is 7.18. The summed E-state index contributed by atoms with van der Waals surface area (Å²) in [5.41, 5.74) is 6.37. The lowest BCUT2D eigenvalue weighted by atomic mass is 10.2. The average Bonchev–Trinajstić information content (AvgIpc) is 3.29. The van der Waals surface area contributed by atoms with Crippen molar-refractivity contribution in [3.63, 3.8) is 0 Å². The second-order valence-corrected chi connectivity index (χ2v) is 9.41. The molecule has 2 N–H and O–H groups in total. The molecule has 0 radical (unpaired) electrons. The monoisotopic (exact) mass is 582 g/mol. The van der Waals surface area contributed by atoms with Crippen molar-refractivity contribution in [3.8, 4) is 32.8 Å². The minimum Gasteiger partial charge on any atom is -0.489 e. The molecule has 9 nitrogen and oxygen atoms in total. The van der Waals surface area contributed by atoms with E-state index in [0.717, 1.165) is 23.5 Å². The van der Waals surface area contributed by atoms with Crippen LogP contribution < -0.4 is 15.2 Å². The fourth-order valence-corrected chi connectivity index (χ4v) is 4.23. The third kappa shape index (κ3) is 6.96. The number of halogens is 6. The van der Waals surface area contributed by atoms with E-state index in [0.29, 0.717) is 34.7 Å². The second-order valence-electron chi connectivity index (χ2n) is 7.64. The number of rotatable bonds is 9. The number of ether oxygens (including phenoxy) is 4. The molecule has 4 rings (SSSR count). The van der Waals surface area contributed by atoms with Crippen LogP contribution in [-0.4, -0.2) is 65.9 Å². The molecule has 3 aromatic rings. The van der Waals surface area contributed by atoms with E-state index in [1.807, 2.05) is 0 Å². The summed E-state index contributed by atoms with van der Waals surface area (Å²) in [4.78, 5) is 14.9. The smallest absolute Gasteiger partial charge is 0.489 e. The minimum absolute atomic E-state index is 0.0675. The molecular weight excluding hydrogens is 567 g/mol. The van der Waals surface area contributed by atoms with E-state index in [1.165, 1.54) is 0 Å². The molecule has 1 aliphatic heterocycles. The predicted molar refractivity (Wildman–Crippen MR) is 124 cm³/mol. The average molecular weight is 583 g/mol. The Kier molecular flexibility index (Phi) is 8.33. The van der Waals surface area contributed by atoms with Gasteiger partial charge in [0, 0.05) is 23.3 Å². The lowest BCUT2D eigenvalue weighted by Crippen LogP contribution is -2.38. The number of nitrogens with zero attached hydrogens (tertiary/aromatic N) is 3. The highest BCUT2D eigenvalue weighted by atomic mass is 35.5. The van der Waals surface area contributed by atoms with Crippen LogP contribution in [0.5, 0.6) is 11.6 Å². The molecule has 1 aliphatic rings. The topological polar surface area (TPSA) is 119 Å². The van der Waals surface area contributed by atoms with Gasteiger partial charge in [-0.1, -0.05) is 34.5 Å². The van der Waals surface area contributed by atoms with Gasteiger partial charge in [0.05, 0.1) is 24.3 Å². The standard InChI is InChI=1S/C21H16Cl2F4N4O5S/c22-13-4-15(34-5-10(28)6-35-20(32)21(25,26)27)14(24)3-12(13)19-31-30-18(37-19)9-1-16(23)29-17(2-9)36-11-7-33-8-11/h1-4,10-11H,5-8,28H2/t10-/m0/s1. The van der Waals surface area contributed by atoms with Crippen molar-refractivity contribution in [3.05, 3.63) is 40.3 Å². The number of hydrogen-bond acceptors (Lipinski definition) is 10. The Labute approximate surface area is 220 Å². The molecule has 3 heterocycles. The number of alkyl halides is 3. The summed E-state index contributed by atoms with van der Waals surface area (Å²) < 4.78 is 71.2. The number of nitrogens with two attached hydrogens (primary N) is 1. The van der Waals surface area contributed by atoms with E-state index in [2.05, 4.69) is 19.9 Å². The predicted octanol–water partition coefficient (Wildman–Crippen LogP) is 4.30. The lowest BCUT2D eigenvalue weighted by Gasteiger charge is -2.26. The van der Waals surface area contributed by atoms with Gasteiger partial charge in [0.25, 0.3) is 0 Å². The number of carbonyl (C=O) groups is 1. The Morgan fingerprint density at radius 2 is 1.89 bits per heavy atom. The Balaban J connectivity index is 1.43. The second kappa shape index (κ2) is 11.3. The Morgan fingerprint density at radius 1 is 1.16 bits per heavy atom. The van der Waals surface area contributed by atoms with Gasteiger partial charge < -0.3 is 24.7 Å². The summed E-state index contributed by atoms with van der Waals surface area (Å²) in [6.45, 7) is -0.318. The summed E-state index contributed by atoms with van der Waals surface area (Å²) in [6, 6.07) is 4.31. The first-order chi connectivity index (χ1) is 17.5. The molecule has 0 amide bonds. The van der Waals surface area contributed by atoms with Crippen LogP contribution in [0.25, 0.3) is 21.1 Å². The normalized spacial score (nSPS) is 14.7. The number of esters is 1. The number of carbonyl (C=O) groups excluding carboxylic acids is 1. The van der Waals surface area contributed by atoms with E-state index in [-0.39, 0.29) is 27.6 Å². The van der Waals surface area contributed by atoms with Crippen LogP contribution in [0, 0.1) is 5.82 Å². The highest BCUT2D eigenvalue weighted by Gasteiger charge is 2.41. The third-order valence-corrected chi connectivity index (χ3v) is 6.21. The van der Waals surface area contributed by atoms with Gasteiger partial charge in [0.2, 0.25) is 5.88 Å². The van der Waals surface area contributed by atoms with Gasteiger partial charge in [-0.15, -0.1) is 10.2 Å². The van der Waals surface area contributed by atoms with Crippen LogP contribution in [0.2, 0.25) is 10.2 Å². The van der Waals surface area contributed by atoms with Crippen LogP contribution in [-0.2, 0) is 14.3 Å². The van der Waals surface area contributed by atoms with Gasteiger partial charge in [-0.3, -0.25) is 0 Å². The molecule has 37 heavy (non-hydrogen) atoms. The number of benzene rings is 1. The molecule has 0 bridgehead atoms. The molecule has 1 atom stereocenters. The summed E-state index contributed by atoms with van der Waals surface area (Å²) >= 11 is 13.5. The number of hydrogen-bond donors (Lipinski definition) is 1. The van der Waals surface area contributed by atoms with Crippen LogP contribution in [0.15, 0.2) is 24.3 Å².